The molecule has 0 aromatic heterocycles. The summed E-state index contributed by atoms with van der Waals surface area (Å²) in [4.78, 5) is 0. The van der Waals surface area contributed by atoms with Gasteiger partial charge in [-0.15, -0.1) is 12.3 Å². The monoisotopic (exact) mass is 174 g/mol. The van der Waals surface area contributed by atoms with Crippen LogP contribution in [0.5, 0.6) is 0 Å². The van der Waals surface area contributed by atoms with Crippen LogP contribution in [0.25, 0.3) is 0 Å². The molecule has 0 radical (unpaired) electrons. The van der Waals surface area contributed by atoms with E-state index in [4.69, 9.17) is 6.42 Å². The molecule has 3 heteroatoms. The molecule has 0 spiro atoms. The zero-order chi connectivity index (χ0) is 7.61. The minimum atomic E-state index is -1.89. The van der Waals surface area contributed by atoms with Crippen molar-refractivity contribution in [2.24, 2.45) is 5.92 Å². The molecule has 56 valence electrons. The van der Waals surface area contributed by atoms with Crippen LogP contribution < -0.4 is 0 Å². The van der Waals surface area contributed by atoms with Crippen molar-refractivity contribution in [1.82, 2.24) is 0 Å². The van der Waals surface area contributed by atoms with Crippen LogP contribution in [0.3, 0.4) is 0 Å². The van der Waals surface area contributed by atoms with Gasteiger partial charge in [-0.3, -0.25) is 0 Å². The second-order valence-electron chi connectivity index (χ2n) is 2.68. The Labute approximate surface area is 66.1 Å². The van der Waals surface area contributed by atoms with Crippen LogP contribution in [0.15, 0.2) is 0 Å². The normalized spacial score (nSPS) is 40.6. The molecule has 1 fully saturated rings. The van der Waals surface area contributed by atoms with Crippen molar-refractivity contribution in [2.75, 3.05) is 18.6 Å². The van der Waals surface area contributed by atoms with Crippen LogP contribution >= 0.6 is 17.7 Å². The van der Waals surface area contributed by atoms with E-state index >= 15 is 0 Å². The van der Waals surface area contributed by atoms with Gasteiger partial charge in [-0.25, -0.2) is 0 Å². The maximum atomic E-state index is 11.5. The molecule has 1 saturated heterocycles. The summed E-state index contributed by atoms with van der Waals surface area (Å²) in [5.74, 6) is 3.92. The Morgan fingerprint density at radius 3 is 2.90 bits per heavy atom. The highest BCUT2D eigenvalue weighted by Crippen LogP contribution is 2.59. The van der Waals surface area contributed by atoms with Crippen LogP contribution in [0.1, 0.15) is 6.42 Å². The Hall–Kier alpha value is 0.140. The van der Waals surface area contributed by atoms with Crippen molar-refractivity contribution in [3.8, 4) is 12.3 Å². The summed E-state index contributed by atoms with van der Waals surface area (Å²) in [7, 11) is 0. The molecule has 10 heavy (non-hydrogen) atoms. The second kappa shape index (κ2) is 3.03. The Bertz CT molecular complexity index is 206. The van der Waals surface area contributed by atoms with Gasteiger partial charge < -0.3 is 4.57 Å². The summed E-state index contributed by atoms with van der Waals surface area (Å²) >= 11 is 1.60. The zero-order valence-electron chi connectivity index (χ0n) is 6.04. The van der Waals surface area contributed by atoms with Crippen LogP contribution in [0.4, 0.5) is 0 Å². The van der Waals surface area contributed by atoms with Crippen molar-refractivity contribution < 1.29 is 4.57 Å². The Balaban J connectivity index is 2.58. The van der Waals surface area contributed by atoms with E-state index < -0.39 is 6.34 Å². The average molecular weight is 174 g/mol. The predicted octanol–water partition coefficient (Wildman–Crippen LogP) is 2.28. The molecular formula is C7H11OPS. The summed E-state index contributed by atoms with van der Waals surface area (Å²) in [6.07, 6.45) is 5.14. The van der Waals surface area contributed by atoms with E-state index in [1.54, 1.807) is 11.4 Å². The van der Waals surface area contributed by atoms with Gasteiger partial charge in [0, 0.05) is 17.8 Å². The molecule has 0 N–H and O–H groups in total. The first-order valence-corrected chi connectivity index (χ1v) is 7.24. The molecule has 1 nitrogen and oxygen atoms in total. The lowest BCUT2D eigenvalue weighted by molar-refractivity contribution is 0.578. The van der Waals surface area contributed by atoms with Crippen molar-refractivity contribution >= 4 is 17.7 Å². The molecule has 0 bridgehead atoms. The lowest BCUT2D eigenvalue weighted by atomic mass is 10.1. The molecule has 1 aliphatic rings. The molecule has 1 heterocycles. The van der Waals surface area contributed by atoms with E-state index in [1.807, 2.05) is 6.66 Å². The van der Waals surface area contributed by atoms with Crippen molar-refractivity contribution in [1.29, 1.82) is 0 Å². The summed E-state index contributed by atoms with van der Waals surface area (Å²) in [6, 6.07) is 0. The smallest absolute Gasteiger partial charge is 0.137 e. The molecule has 1 aliphatic heterocycles. The fraction of sp³-hybridized carbons (Fsp3) is 0.714. The van der Waals surface area contributed by atoms with Crippen molar-refractivity contribution in [2.45, 2.75) is 6.42 Å². The zero-order valence-corrected chi connectivity index (χ0v) is 7.75. The topological polar surface area (TPSA) is 17.1 Å². The third kappa shape index (κ3) is 2.08. The van der Waals surface area contributed by atoms with Gasteiger partial charge >= 0.3 is 0 Å². The molecule has 0 amide bonds. The second-order valence-corrected chi connectivity index (χ2v) is 8.83. The highest BCUT2D eigenvalue weighted by molar-refractivity contribution is 8.58. The lowest BCUT2D eigenvalue weighted by Crippen LogP contribution is -2.09. The number of hydrogen-bond donors (Lipinski definition) is 0. The molecule has 1 rings (SSSR count). The molecule has 0 aromatic carbocycles. The van der Waals surface area contributed by atoms with Gasteiger partial charge in [0.05, 0.1) is 0 Å². The van der Waals surface area contributed by atoms with Gasteiger partial charge in [-0.2, -0.15) is 0 Å². The lowest BCUT2D eigenvalue weighted by Gasteiger charge is -2.22. The minimum absolute atomic E-state index is 0.275. The van der Waals surface area contributed by atoms with Crippen LogP contribution in [-0.4, -0.2) is 18.6 Å². The van der Waals surface area contributed by atoms with E-state index in [0.717, 1.165) is 18.3 Å². The summed E-state index contributed by atoms with van der Waals surface area (Å²) < 4.78 is 11.5. The Morgan fingerprint density at radius 2 is 2.50 bits per heavy atom. The molecule has 2 unspecified atom stereocenters. The average Bonchev–Trinajstić information content (AvgIpc) is 1.86. The fourth-order valence-corrected chi connectivity index (χ4v) is 5.37. The van der Waals surface area contributed by atoms with E-state index in [-0.39, 0.29) is 5.92 Å². The first-order valence-electron chi connectivity index (χ1n) is 3.31. The Kier molecular flexibility index (Phi) is 2.50. The van der Waals surface area contributed by atoms with Crippen LogP contribution in [0.2, 0.25) is 0 Å². The predicted molar refractivity (Wildman–Crippen MR) is 47.8 cm³/mol. The van der Waals surface area contributed by atoms with Gasteiger partial charge in [0.25, 0.3) is 0 Å². The standard InChI is InChI=1S/C7H11OPS/c1-3-7-4-5-10-9(2,8)6-7/h1,7H,4-6H2,2H3. The number of rotatable bonds is 0. The summed E-state index contributed by atoms with van der Waals surface area (Å²) in [5.41, 5.74) is 0. The van der Waals surface area contributed by atoms with Gasteiger partial charge in [0.15, 0.2) is 0 Å². The molecule has 0 saturated carbocycles. The number of terminal acetylenes is 1. The highest BCUT2D eigenvalue weighted by atomic mass is 32.7. The molecule has 0 aliphatic carbocycles. The molecular weight excluding hydrogens is 163 g/mol. The van der Waals surface area contributed by atoms with E-state index in [9.17, 15) is 4.57 Å². The van der Waals surface area contributed by atoms with Crippen molar-refractivity contribution in [3.05, 3.63) is 0 Å². The fourth-order valence-electron chi connectivity index (χ4n) is 1.07. The first kappa shape index (κ1) is 8.24. The summed E-state index contributed by atoms with van der Waals surface area (Å²) in [6.45, 7) is 1.83. The SMILES string of the molecule is C#CC1CCSP(C)(=O)C1. The van der Waals surface area contributed by atoms with Crippen LogP contribution in [0, 0.1) is 18.3 Å². The van der Waals surface area contributed by atoms with Crippen molar-refractivity contribution in [3.63, 3.8) is 0 Å². The van der Waals surface area contributed by atoms with E-state index in [0.29, 0.717) is 0 Å². The third-order valence-electron chi connectivity index (χ3n) is 1.62. The Morgan fingerprint density at radius 1 is 1.80 bits per heavy atom. The largest absolute Gasteiger partial charge is 0.312 e. The van der Waals surface area contributed by atoms with Gasteiger partial charge in [0.1, 0.15) is 6.34 Å². The third-order valence-corrected chi connectivity index (χ3v) is 6.32. The van der Waals surface area contributed by atoms with E-state index in [1.165, 1.54) is 0 Å². The maximum Gasteiger partial charge on any atom is 0.137 e. The van der Waals surface area contributed by atoms with Gasteiger partial charge in [0.2, 0.25) is 0 Å². The highest BCUT2D eigenvalue weighted by Gasteiger charge is 2.25. The summed E-state index contributed by atoms with van der Waals surface area (Å²) in [5, 5.41) is 0. The number of hydrogen-bond acceptors (Lipinski definition) is 2. The van der Waals surface area contributed by atoms with Gasteiger partial charge in [-0.1, -0.05) is 11.4 Å². The first-order chi connectivity index (χ1) is 4.64. The molecule has 0 aromatic rings. The quantitative estimate of drug-likeness (QED) is 0.414. The minimum Gasteiger partial charge on any atom is -0.312 e. The maximum absolute atomic E-state index is 11.5. The van der Waals surface area contributed by atoms with Gasteiger partial charge in [-0.05, 0) is 13.1 Å². The molecule has 2 atom stereocenters. The van der Waals surface area contributed by atoms with Crippen LogP contribution in [-0.2, 0) is 4.57 Å². The van der Waals surface area contributed by atoms with E-state index in [2.05, 4.69) is 5.92 Å².